The molecule has 0 radical (unpaired) electrons. The average molecular weight is 323 g/mol. The van der Waals surface area contributed by atoms with Gasteiger partial charge in [-0.25, -0.2) is 0 Å². The van der Waals surface area contributed by atoms with E-state index in [1.54, 1.807) is 0 Å². The maximum absolute atomic E-state index is 12.8. The van der Waals surface area contributed by atoms with Crippen molar-refractivity contribution >= 4 is 5.91 Å². The van der Waals surface area contributed by atoms with Crippen molar-refractivity contribution in [3.8, 4) is 5.75 Å². The van der Waals surface area contributed by atoms with E-state index in [9.17, 15) is 4.79 Å². The van der Waals surface area contributed by atoms with Crippen molar-refractivity contribution in [1.82, 2.24) is 5.32 Å². The Hall–Kier alpha value is -2.29. The van der Waals surface area contributed by atoms with Crippen LogP contribution in [0.1, 0.15) is 58.9 Å². The number of carbonyl (C=O) groups excluding carboxylic acids is 1. The first-order valence-corrected chi connectivity index (χ1v) is 8.43. The predicted molar refractivity (Wildman–Crippen MR) is 96.6 cm³/mol. The van der Waals surface area contributed by atoms with Crippen LogP contribution in [0.2, 0.25) is 0 Å². The highest BCUT2D eigenvalue weighted by atomic mass is 16.5. The monoisotopic (exact) mass is 323 g/mol. The fourth-order valence-corrected chi connectivity index (χ4v) is 3.39. The van der Waals surface area contributed by atoms with E-state index >= 15 is 0 Å². The maximum atomic E-state index is 12.8. The van der Waals surface area contributed by atoms with Crippen LogP contribution in [0, 0.1) is 20.8 Å². The molecule has 3 nitrogen and oxygen atoms in total. The zero-order chi connectivity index (χ0) is 17.5. The molecular formula is C21H25NO2. The van der Waals surface area contributed by atoms with E-state index in [0.717, 1.165) is 40.0 Å². The van der Waals surface area contributed by atoms with Crippen LogP contribution >= 0.6 is 0 Å². The number of fused-ring (bicyclic) bond motifs is 1. The molecule has 0 bridgehead atoms. The minimum atomic E-state index is -0.305. The maximum Gasteiger partial charge on any atom is 0.252 e. The van der Waals surface area contributed by atoms with E-state index in [0.29, 0.717) is 0 Å². The summed E-state index contributed by atoms with van der Waals surface area (Å²) in [5.41, 5.74) is 4.81. The molecule has 0 fully saturated rings. The molecule has 0 aliphatic carbocycles. The molecule has 1 aliphatic heterocycles. The Morgan fingerprint density at radius 1 is 1.08 bits per heavy atom. The standard InChI is InChI=1S/C21H25NO2/c1-13-6-8-16(15(3)10-13)20(23)22-18-12-21(4,5)24-19-11-14(2)7-9-17(18)19/h6-11,18H,12H2,1-5H3,(H,22,23)/t18-/m0/s1. The Balaban J connectivity index is 1.90. The first kappa shape index (κ1) is 16.6. The van der Waals surface area contributed by atoms with Gasteiger partial charge in [-0.3, -0.25) is 4.79 Å². The topological polar surface area (TPSA) is 38.3 Å². The van der Waals surface area contributed by atoms with Gasteiger partial charge in [0.15, 0.2) is 0 Å². The molecule has 1 amide bonds. The van der Waals surface area contributed by atoms with Crippen molar-refractivity contribution in [3.05, 3.63) is 64.2 Å². The van der Waals surface area contributed by atoms with E-state index in [4.69, 9.17) is 4.74 Å². The number of aryl methyl sites for hydroxylation is 3. The first-order valence-electron chi connectivity index (χ1n) is 8.43. The molecule has 0 unspecified atom stereocenters. The molecule has 24 heavy (non-hydrogen) atoms. The summed E-state index contributed by atoms with van der Waals surface area (Å²) in [7, 11) is 0. The molecule has 0 saturated carbocycles. The molecule has 3 heteroatoms. The van der Waals surface area contributed by atoms with E-state index in [2.05, 4.69) is 38.2 Å². The van der Waals surface area contributed by atoms with Gasteiger partial charge in [0.2, 0.25) is 0 Å². The molecule has 3 rings (SSSR count). The van der Waals surface area contributed by atoms with E-state index in [1.165, 1.54) is 0 Å². The van der Waals surface area contributed by atoms with Gasteiger partial charge in [-0.05, 0) is 57.9 Å². The fraction of sp³-hybridized carbons (Fsp3) is 0.381. The van der Waals surface area contributed by atoms with Gasteiger partial charge < -0.3 is 10.1 Å². The summed E-state index contributed by atoms with van der Waals surface area (Å²) >= 11 is 0. The summed E-state index contributed by atoms with van der Waals surface area (Å²) in [4.78, 5) is 12.8. The van der Waals surface area contributed by atoms with Gasteiger partial charge in [0, 0.05) is 17.5 Å². The lowest BCUT2D eigenvalue weighted by molar-refractivity contribution is 0.0619. The van der Waals surface area contributed by atoms with Crippen molar-refractivity contribution in [1.29, 1.82) is 0 Å². The van der Waals surface area contributed by atoms with Crippen molar-refractivity contribution < 1.29 is 9.53 Å². The summed E-state index contributed by atoms with van der Waals surface area (Å²) in [6.45, 7) is 10.2. The van der Waals surface area contributed by atoms with Gasteiger partial charge in [0.05, 0.1) is 6.04 Å². The Bertz CT molecular complexity index is 792. The van der Waals surface area contributed by atoms with Gasteiger partial charge in [0.1, 0.15) is 11.4 Å². The second-order valence-corrected chi connectivity index (χ2v) is 7.45. The SMILES string of the molecule is Cc1ccc(C(=O)N[C@H]2CC(C)(C)Oc3cc(C)ccc32)c(C)c1. The molecule has 0 aromatic heterocycles. The average Bonchev–Trinajstić information content (AvgIpc) is 2.45. The molecule has 1 heterocycles. The number of nitrogens with one attached hydrogen (secondary N) is 1. The lowest BCUT2D eigenvalue weighted by atomic mass is 9.89. The highest BCUT2D eigenvalue weighted by molar-refractivity contribution is 5.96. The molecule has 126 valence electrons. The van der Waals surface area contributed by atoms with Crippen molar-refractivity contribution in [2.45, 2.75) is 52.7 Å². The van der Waals surface area contributed by atoms with E-state index in [1.807, 2.05) is 38.1 Å². The highest BCUT2D eigenvalue weighted by Gasteiger charge is 2.34. The predicted octanol–water partition coefficient (Wildman–Crippen LogP) is 4.64. The first-order chi connectivity index (χ1) is 11.2. The number of hydrogen-bond donors (Lipinski definition) is 1. The lowest BCUT2D eigenvalue weighted by Gasteiger charge is -2.38. The summed E-state index contributed by atoms with van der Waals surface area (Å²) < 4.78 is 6.11. The normalized spacial score (nSPS) is 18.5. The Kier molecular flexibility index (Phi) is 4.12. The van der Waals surface area contributed by atoms with Crippen molar-refractivity contribution in [2.24, 2.45) is 0 Å². The molecule has 1 aliphatic rings. The van der Waals surface area contributed by atoms with Crippen LogP contribution in [0.15, 0.2) is 36.4 Å². The van der Waals surface area contributed by atoms with Crippen LogP contribution in [0.25, 0.3) is 0 Å². The zero-order valence-electron chi connectivity index (χ0n) is 15.1. The second-order valence-electron chi connectivity index (χ2n) is 7.45. The number of carbonyl (C=O) groups is 1. The third-order valence-corrected chi connectivity index (χ3v) is 4.56. The number of ether oxygens (including phenoxy) is 1. The third kappa shape index (κ3) is 3.30. The van der Waals surface area contributed by atoms with E-state index in [-0.39, 0.29) is 17.6 Å². The Labute approximate surface area is 144 Å². The number of amides is 1. The van der Waals surface area contributed by atoms with Gasteiger partial charge in [0.25, 0.3) is 5.91 Å². The molecule has 2 aromatic rings. The molecule has 1 N–H and O–H groups in total. The van der Waals surface area contributed by atoms with Crippen LogP contribution < -0.4 is 10.1 Å². The minimum Gasteiger partial charge on any atom is -0.487 e. The Morgan fingerprint density at radius 2 is 1.75 bits per heavy atom. The minimum absolute atomic E-state index is 0.0262. The molecule has 1 atom stereocenters. The second kappa shape index (κ2) is 5.97. The lowest BCUT2D eigenvalue weighted by Crippen LogP contribution is -2.41. The van der Waals surface area contributed by atoms with E-state index < -0.39 is 0 Å². The smallest absolute Gasteiger partial charge is 0.252 e. The summed E-state index contributed by atoms with van der Waals surface area (Å²) in [5, 5.41) is 3.21. The largest absolute Gasteiger partial charge is 0.487 e. The van der Waals surface area contributed by atoms with Gasteiger partial charge in [-0.15, -0.1) is 0 Å². The summed E-state index contributed by atoms with van der Waals surface area (Å²) in [5.74, 6) is 0.846. The molecule has 2 aromatic carbocycles. The highest BCUT2D eigenvalue weighted by Crippen LogP contribution is 2.40. The molecule has 0 saturated heterocycles. The number of benzene rings is 2. The summed E-state index contributed by atoms with van der Waals surface area (Å²) in [6, 6.07) is 12.1. The quantitative estimate of drug-likeness (QED) is 0.874. The third-order valence-electron chi connectivity index (χ3n) is 4.56. The van der Waals surface area contributed by atoms with Crippen molar-refractivity contribution in [3.63, 3.8) is 0 Å². The van der Waals surface area contributed by atoms with Gasteiger partial charge in [-0.1, -0.05) is 29.8 Å². The van der Waals surface area contributed by atoms with Crippen LogP contribution in [0.5, 0.6) is 5.75 Å². The zero-order valence-corrected chi connectivity index (χ0v) is 15.1. The Morgan fingerprint density at radius 3 is 2.46 bits per heavy atom. The molecular weight excluding hydrogens is 298 g/mol. The van der Waals surface area contributed by atoms with Gasteiger partial charge >= 0.3 is 0 Å². The number of hydrogen-bond acceptors (Lipinski definition) is 2. The van der Waals surface area contributed by atoms with Crippen LogP contribution in [0.4, 0.5) is 0 Å². The van der Waals surface area contributed by atoms with Gasteiger partial charge in [-0.2, -0.15) is 0 Å². The fourth-order valence-electron chi connectivity index (χ4n) is 3.39. The summed E-state index contributed by atoms with van der Waals surface area (Å²) in [6.07, 6.45) is 0.750. The van der Waals surface area contributed by atoms with Crippen LogP contribution in [0.3, 0.4) is 0 Å². The number of rotatable bonds is 2. The van der Waals surface area contributed by atoms with Crippen LogP contribution in [-0.2, 0) is 0 Å². The van der Waals surface area contributed by atoms with Crippen molar-refractivity contribution in [2.75, 3.05) is 0 Å². The molecule has 0 spiro atoms. The van der Waals surface area contributed by atoms with Crippen LogP contribution in [-0.4, -0.2) is 11.5 Å².